The topological polar surface area (TPSA) is 35.5 Å². The Hall–Kier alpha value is -1.03. The Morgan fingerprint density at radius 3 is 2.47 bits per heavy atom. The molecule has 0 bridgehead atoms. The first kappa shape index (κ1) is 14.4. The Kier molecular flexibility index (Phi) is 5.25. The summed E-state index contributed by atoms with van der Waals surface area (Å²) in [5, 5.41) is 0. The predicted octanol–water partition coefficient (Wildman–Crippen LogP) is 4.37. The van der Waals surface area contributed by atoms with Gasteiger partial charge in [-0.1, -0.05) is 12.8 Å². The monoisotopic (exact) mass is 326 g/mol. The number of hydrogen-bond acceptors (Lipinski definition) is 3. The number of methoxy groups -OCH3 is 1. The van der Waals surface area contributed by atoms with E-state index in [1.54, 1.807) is 19.2 Å². The minimum absolute atomic E-state index is 0.245. The molecule has 0 atom stereocenters. The van der Waals surface area contributed by atoms with Crippen LogP contribution < -0.4 is 9.47 Å². The Morgan fingerprint density at radius 2 is 1.89 bits per heavy atom. The quantitative estimate of drug-likeness (QED) is 0.608. The van der Waals surface area contributed by atoms with Crippen LogP contribution in [-0.4, -0.2) is 19.5 Å². The van der Waals surface area contributed by atoms with Gasteiger partial charge in [-0.3, -0.25) is 4.79 Å². The van der Waals surface area contributed by atoms with Crippen LogP contribution in [0.25, 0.3) is 0 Å². The molecule has 4 heteroatoms. The lowest BCUT2D eigenvalue weighted by atomic mass is 10.1. The van der Waals surface area contributed by atoms with Gasteiger partial charge in [0.1, 0.15) is 6.29 Å². The maximum absolute atomic E-state index is 10.9. The van der Waals surface area contributed by atoms with Gasteiger partial charge < -0.3 is 9.47 Å². The van der Waals surface area contributed by atoms with Gasteiger partial charge in [-0.2, -0.15) is 0 Å². The summed E-state index contributed by atoms with van der Waals surface area (Å²) in [5.74, 6) is 1.32. The van der Waals surface area contributed by atoms with E-state index in [9.17, 15) is 4.79 Å². The van der Waals surface area contributed by atoms with Gasteiger partial charge in [0.05, 0.1) is 17.7 Å². The average Bonchev–Trinajstić information content (AvgIpc) is 2.69. The number of carbonyl (C=O) groups is 1. The van der Waals surface area contributed by atoms with Crippen LogP contribution in [0, 0.1) is 0 Å². The maximum atomic E-state index is 10.9. The average molecular weight is 327 g/mol. The third-order valence-electron chi connectivity index (χ3n) is 3.47. The van der Waals surface area contributed by atoms with Crippen molar-refractivity contribution in [3.63, 3.8) is 0 Å². The SMILES string of the molecule is COc1cc(C=O)cc(Br)c1OC1CCCCCC1. The highest BCUT2D eigenvalue weighted by Gasteiger charge is 2.18. The summed E-state index contributed by atoms with van der Waals surface area (Å²) in [6.45, 7) is 0. The molecule has 0 spiro atoms. The van der Waals surface area contributed by atoms with Gasteiger partial charge in [0.2, 0.25) is 0 Å². The molecule has 3 nitrogen and oxygen atoms in total. The fourth-order valence-corrected chi connectivity index (χ4v) is 3.00. The van der Waals surface area contributed by atoms with Crippen molar-refractivity contribution < 1.29 is 14.3 Å². The highest BCUT2D eigenvalue weighted by Crippen LogP contribution is 2.38. The van der Waals surface area contributed by atoms with Crippen LogP contribution in [0.15, 0.2) is 16.6 Å². The molecule has 19 heavy (non-hydrogen) atoms. The fraction of sp³-hybridized carbons (Fsp3) is 0.533. The third kappa shape index (κ3) is 3.72. The van der Waals surface area contributed by atoms with Crippen LogP contribution in [0.2, 0.25) is 0 Å². The Labute approximate surface area is 122 Å². The number of benzene rings is 1. The predicted molar refractivity (Wildman–Crippen MR) is 78.2 cm³/mol. The second kappa shape index (κ2) is 6.94. The molecule has 0 N–H and O–H groups in total. The van der Waals surface area contributed by atoms with E-state index in [0.29, 0.717) is 17.1 Å². The molecule has 1 fully saturated rings. The number of rotatable bonds is 4. The molecule has 0 saturated heterocycles. The lowest BCUT2D eigenvalue weighted by molar-refractivity contribution is 0.112. The molecule has 1 aliphatic carbocycles. The molecule has 1 aliphatic rings. The molecule has 104 valence electrons. The Morgan fingerprint density at radius 1 is 1.21 bits per heavy atom. The summed E-state index contributed by atoms with van der Waals surface area (Å²) in [7, 11) is 1.59. The standard InChI is InChI=1S/C15H19BrO3/c1-18-14-9-11(10-17)8-13(16)15(14)19-12-6-4-2-3-5-7-12/h8-10,12H,2-7H2,1H3. The van der Waals surface area contributed by atoms with Gasteiger partial charge >= 0.3 is 0 Å². The summed E-state index contributed by atoms with van der Waals surface area (Å²) in [5.41, 5.74) is 0.581. The Bertz CT molecular complexity index is 437. The van der Waals surface area contributed by atoms with Gasteiger partial charge in [-0.05, 0) is 53.7 Å². The van der Waals surface area contributed by atoms with Crippen LogP contribution in [-0.2, 0) is 0 Å². The molecular formula is C15H19BrO3. The summed E-state index contributed by atoms with van der Waals surface area (Å²) in [6.07, 6.45) is 8.26. The largest absolute Gasteiger partial charge is 0.493 e. The molecule has 0 aliphatic heterocycles. The van der Waals surface area contributed by atoms with Crippen LogP contribution in [0.3, 0.4) is 0 Å². The highest BCUT2D eigenvalue weighted by molar-refractivity contribution is 9.10. The molecule has 0 radical (unpaired) electrons. The first-order valence-corrected chi connectivity index (χ1v) is 7.53. The van der Waals surface area contributed by atoms with E-state index < -0.39 is 0 Å². The zero-order valence-electron chi connectivity index (χ0n) is 11.2. The van der Waals surface area contributed by atoms with Crippen LogP contribution in [0.1, 0.15) is 48.9 Å². The Balaban J connectivity index is 2.20. The van der Waals surface area contributed by atoms with Gasteiger partial charge in [0.25, 0.3) is 0 Å². The molecule has 2 rings (SSSR count). The van der Waals surface area contributed by atoms with E-state index in [4.69, 9.17) is 9.47 Å². The van der Waals surface area contributed by atoms with E-state index in [0.717, 1.165) is 23.6 Å². The number of halogens is 1. The lowest BCUT2D eigenvalue weighted by Crippen LogP contribution is -2.16. The van der Waals surface area contributed by atoms with Gasteiger partial charge in [0.15, 0.2) is 11.5 Å². The second-order valence-corrected chi connectivity index (χ2v) is 5.74. The first-order chi connectivity index (χ1) is 9.24. The number of hydrogen-bond donors (Lipinski definition) is 0. The van der Waals surface area contributed by atoms with Crippen molar-refractivity contribution in [1.29, 1.82) is 0 Å². The van der Waals surface area contributed by atoms with Crippen molar-refractivity contribution in [1.82, 2.24) is 0 Å². The molecular weight excluding hydrogens is 308 g/mol. The third-order valence-corrected chi connectivity index (χ3v) is 4.06. The van der Waals surface area contributed by atoms with Crippen molar-refractivity contribution in [2.45, 2.75) is 44.6 Å². The molecule has 0 aromatic heterocycles. The van der Waals surface area contributed by atoms with Crippen molar-refractivity contribution in [3.05, 3.63) is 22.2 Å². The van der Waals surface area contributed by atoms with Crippen molar-refractivity contribution in [3.8, 4) is 11.5 Å². The summed E-state index contributed by atoms with van der Waals surface area (Å²) >= 11 is 3.46. The number of ether oxygens (including phenoxy) is 2. The second-order valence-electron chi connectivity index (χ2n) is 4.88. The van der Waals surface area contributed by atoms with E-state index in [1.165, 1.54) is 25.7 Å². The molecule has 1 aromatic rings. The highest BCUT2D eigenvalue weighted by atomic mass is 79.9. The zero-order valence-corrected chi connectivity index (χ0v) is 12.7. The van der Waals surface area contributed by atoms with Gasteiger partial charge in [0, 0.05) is 5.56 Å². The van der Waals surface area contributed by atoms with Crippen molar-refractivity contribution in [2.24, 2.45) is 0 Å². The first-order valence-electron chi connectivity index (χ1n) is 6.74. The normalized spacial score (nSPS) is 16.7. The minimum Gasteiger partial charge on any atom is -0.493 e. The smallest absolute Gasteiger partial charge is 0.175 e. The van der Waals surface area contributed by atoms with E-state index in [2.05, 4.69) is 15.9 Å². The van der Waals surface area contributed by atoms with Gasteiger partial charge in [-0.15, -0.1) is 0 Å². The summed E-state index contributed by atoms with van der Waals surface area (Å²) in [4.78, 5) is 10.9. The molecule has 1 aromatic carbocycles. The van der Waals surface area contributed by atoms with E-state index >= 15 is 0 Å². The van der Waals surface area contributed by atoms with E-state index in [1.807, 2.05) is 0 Å². The lowest BCUT2D eigenvalue weighted by Gasteiger charge is -2.20. The fourth-order valence-electron chi connectivity index (χ4n) is 2.45. The van der Waals surface area contributed by atoms with Crippen molar-refractivity contribution in [2.75, 3.05) is 7.11 Å². The van der Waals surface area contributed by atoms with Crippen LogP contribution >= 0.6 is 15.9 Å². The van der Waals surface area contributed by atoms with Crippen LogP contribution in [0.5, 0.6) is 11.5 Å². The van der Waals surface area contributed by atoms with Crippen LogP contribution in [0.4, 0.5) is 0 Å². The molecule has 1 saturated carbocycles. The molecule has 0 heterocycles. The summed E-state index contributed by atoms with van der Waals surface area (Å²) < 4.78 is 12.2. The van der Waals surface area contributed by atoms with E-state index in [-0.39, 0.29) is 6.10 Å². The zero-order chi connectivity index (χ0) is 13.7. The molecule has 0 amide bonds. The maximum Gasteiger partial charge on any atom is 0.175 e. The molecule has 0 unspecified atom stereocenters. The number of aldehydes is 1. The van der Waals surface area contributed by atoms with Gasteiger partial charge in [-0.25, -0.2) is 0 Å². The van der Waals surface area contributed by atoms with Crippen molar-refractivity contribution >= 4 is 22.2 Å². The number of carbonyl (C=O) groups excluding carboxylic acids is 1. The summed E-state index contributed by atoms with van der Waals surface area (Å²) in [6, 6.07) is 3.48. The minimum atomic E-state index is 0.245.